The zero-order valence-electron chi connectivity index (χ0n) is 20.2. The summed E-state index contributed by atoms with van der Waals surface area (Å²) in [5.41, 5.74) is 3.53. The van der Waals surface area contributed by atoms with E-state index in [4.69, 9.17) is 9.62 Å². The largest absolute Gasteiger partial charge is 0.361 e. The molecule has 0 bridgehead atoms. The van der Waals surface area contributed by atoms with Gasteiger partial charge in [0.2, 0.25) is 0 Å². The number of amides is 1. The van der Waals surface area contributed by atoms with E-state index in [1.165, 1.54) is 4.68 Å². The molecule has 4 aromatic rings. The van der Waals surface area contributed by atoms with Crippen LogP contribution in [0.2, 0.25) is 0 Å². The van der Waals surface area contributed by atoms with Crippen LogP contribution in [0.3, 0.4) is 0 Å². The molecule has 1 amide bonds. The highest BCUT2D eigenvalue weighted by Crippen LogP contribution is 2.30. The minimum Gasteiger partial charge on any atom is -0.361 e. The molecule has 1 N–H and O–H groups in total. The highest BCUT2D eigenvalue weighted by molar-refractivity contribution is 5.95. The number of hydrogen-bond acceptors (Lipinski definition) is 6. The Morgan fingerprint density at radius 1 is 1.06 bits per heavy atom. The molecular weight excluding hydrogens is 442 g/mol. The highest BCUT2D eigenvalue weighted by Gasteiger charge is 2.20. The van der Waals surface area contributed by atoms with E-state index in [-0.39, 0.29) is 24.1 Å². The molecule has 0 aliphatic carbocycles. The van der Waals surface area contributed by atoms with Crippen LogP contribution in [0.4, 0.5) is 0 Å². The molecule has 0 radical (unpaired) electrons. The standard InChI is InChI=1S/C27H29N5O3/c1-17-24(18(2)35-30-17)25-22-6-4-5-7-23(22)27(34)32(29-25)16-19-8-10-20(11-9-19)26(33)28-21-12-14-31(3)15-13-21/h4-11,21H,12-16H2,1-3H3,(H,28,33). The maximum absolute atomic E-state index is 13.2. The lowest BCUT2D eigenvalue weighted by Crippen LogP contribution is -2.43. The number of nitrogens with one attached hydrogen (secondary N) is 1. The molecule has 8 heteroatoms. The zero-order chi connectivity index (χ0) is 24.5. The van der Waals surface area contributed by atoms with E-state index >= 15 is 0 Å². The summed E-state index contributed by atoms with van der Waals surface area (Å²) in [7, 11) is 2.10. The lowest BCUT2D eigenvalue weighted by Gasteiger charge is -2.29. The van der Waals surface area contributed by atoms with Gasteiger partial charge in [0, 0.05) is 17.0 Å². The molecule has 1 aliphatic heterocycles. The summed E-state index contributed by atoms with van der Waals surface area (Å²) in [6.45, 7) is 5.99. The third-order valence-corrected chi connectivity index (χ3v) is 6.74. The average molecular weight is 472 g/mol. The normalized spacial score (nSPS) is 14.9. The number of rotatable bonds is 5. The van der Waals surface area contributed by atoms with Crippen molar-refractivity contribution >= 4 is 16.7 Å². The fraction of sp³-hybridized carbons (Fsp3) is 0.333. The van der Waals surface area contributed by atoms with Gasteiger partial charge in [0.15, 0.2) is 0 Å². The lowest BCUT2D eigenvalue weighted by molar-refractivity contribution is 0.0917. The monoisotopic (exact) mass is 471 g/mol. The number of aryl methyl sites for hydroxylation is 2. The van der Waals surface area contributed by atoms with E-state index in [1.807, 2.05) is 50.2 Å². The summed E-state index contributed by atoms with van der Waals surface area (Å²) >= 11 is 0. The Morgan fingerprint density at radius 2 is 1.74 bits per heavy atom. The predicted octanol–water partition coefficient (Wildman–Crippen LogP) is 3.54. The Morgan fingerprint density at radius 3 is 2.40 bits per heavy atom. The minimum absolute atomic E-state index is 0.0622. The number of likely N-dealkylation sites (tertiary alicyclic amines) is 1. The van der Waals surface area contributed by atoms with Gasteiger partial charge in [-0.1, -0.05) is 35.5 Å². The van der Waals surface area contributed by atoms with Crippen LogP contribution < -0.4 is 10.9 Å². The Labute approximate surface area is 203 Å². The van der Waals surface area contributed by atoms with Crippen molar-refractivity contribution in [3.05, 3.63) is 81.5 Å². The molecule has 0 saturated carbocycles. The first-order valence-electron chi connectivity index (χ1n) is 11.9. The molecule has 3 heterocycles. The van der Waals surface area contributed by atoms with Crippen LogP contribution in [0.25, 0.3) is 22.0 Å². The van der Waals surface area contributed by atoms with Crippen LogP contribution in [-0.2, 0) is 6.54 Å². The van der Waals surface area contributed by atoms with Gasteiger partial charge < -0.3 is 14.7 Å². The molecule has 180 valence electrons. The maximum Gasteiger partial charge on any atom is 0.274 e. The second kappa shape index (κ2) is 9.46. The molecule has 1 saturated heterocycles. The van der Waals surface area contributed by atoms with E-state index in [9.17, 15) is 9.59 Å². The minimum atomic E-state index is -0.166. The SMILES string of the molecule is Cc1noc(C)c1-c1nn(Cc2ccc(C(=O)NC3CCN(C)CC3)cc2)c(=O)c2ccccc12. The molecule has 1 aliphatic rings. The van der Waals surface area contributed by atoms with Crippen LogP contribution in [0.5, 0.6) is 0 Å². The second-order valence-electron chi connectivity index (χ2n) is 9.30. The van der Waals surface area contributed by atoms with Gasteiger partial charge >= 0.3 is 0 Å². The van der Waals surface area contributed by atoms with E-state index in [0.717, 1.165) is 48.1 Å². The number of carbonyl (C=O) groups is 1. The summed E-state index contributed by atoms with van der Waals surface area (Å²) < 4.78 is 6.83. The fourth-order valence-corrected chi connectivity index (χ4v) is 4.70. The van der Waals surface area contributed by atoms with Crippen LogP contribution in [0, 0.1) is 13.8 Å². The van der Waals surface area contributed by atoms with Gasteiger partial charge in [-0.3, -0.25) is 9.59 Å². The number of carbonyl (C=O) groups excluding carboxylic acids is 1. The number of nitrogens with zero attached hydrogens (tertiary/aromatic N) is 4. The third kappa shape index (κ3) is 4.61. The summed E-state index contributed by atoms with van der Waals surface area (Å²) in [6, 6.07) is 15.0. The maximum atomic E-state index is 13.2. The van der Waals surface area contributed by atoms with Crippen molar-refractivity contribution in [3.63, 3.8) is 0 Å². The smallest absolute Gasteiger partial charge is 0.274 e. The van der Waals surface area contributed by atoms with Gasteiger partial charge in [-0.05, 0) is 70.6 Å². The van der Waals surface area contributed by atoms with Crippen molar-refractivity contribution in [3.8, 4) is 11.3 Å². The Balaban J connectivity index is 1.41. The first-order valence-corrected chi connectivity index (χ1v) is 11.9. The van der Waals surface area contributed by atoms with Crippen molar-refractivity contribution in [2.45, 2.75) is 39.3 Å². The Bertz CT molecular complexity index is 1410. The topological polar surface area (TPSA) is 93.3 Å². The summed E-state index contributed by atoms with van der Waals surface area (Å²) in [4.78, 5) is 28.2. The number of hydrogen-bond donors (Lipinski definition) is 1. The number of piperidine rings is 1. The van der Waals surface area contributed by atoms with Crippen molar-refractivity contribution in [1.82, 2.24) is 25.2 Å². The van der Waals surface area contributed by atoms with Crippen LogP contribution in [0.1, 0.15) is 40.2 Å². The molecular formula is C27H29N5O3. The summed E-state index contributed by atoms with van der Waals surface area (Å²) in [6.07, 6.45) is 1.93. The van der Waals surface area contributed by atoms with Gasteiger partial charge in [-0.25, -0.2) is 4.68 Å². The fourth-order valence-electron chi connectivity index (χ4n) is 4.70. The molecule has 2 aromatic heterocycles. The molecule has 2 aromatic carbocycles. The van der Waals surface area contributed by atoms with Crippen molar-refractivity contribution < 1.29 is 9.32 Å². The van der Waals surface area contributed by atoms with Crippen LogP contribution in [0.15, 0.2) is 57.8 Å². The van der Waals surface area contributed by atoms with E-state index in [2.05, 4.69) is 22.4 Å². The predicted molar refractivity (Wildman–Crippen MR) is 135 cm³/mol. The van der Waals surface area contributed by atoms with Crippen molar-refractivity contribution in [1.29, 1.82) is 0 Å². The van der Waals surface area contributed by atoms with E-state index in [1.54, 1.807) is 12.1 Å². The molecule has 0 atom stereocenters. The molecule has 1 fully saturated rings. The zero-order valence-corrected chi connectivity index (χ0v) is 20.2. The lowest BCUT2D eigenvalue weighted by atomic mass is 10.0. The Kier molecular flexibility index (Phi) is 6.21. The third-order valence-electron chi connectivity index (χ3n) is 6.74. The molecule has 8 nitrogen and oxygen atoms in total. The molecule has 0 unspecified atom stereocenters. The quantitative estimate of drug-likeness (QED) is 0.479. The number of aromatic nitrogens is 3. The Hall–Kier alpha value is -3.78. The molecule has 5 rings (SSSR count). The van der Waals surface area contributed by atoms with Crippen LogP contribution in [-0.4, -0.2) is 51.9 Å². The van der Waals surface area contributed by atoms with E-state index in [0.29, 0.717) is 22.4 Å². The second-order valence-corrected chi connectivity index (χ2v) is 9.30. The number of benzene rings is 2. The van der Waals surface area contributed by atoms with Crippen LogP contribution >= 0.6 is 0 Å². The van der Waals surface area contributed by atoms with Gasteiger partial charge in [-0.2, -0.15) is 5.10 Å². The highest BCUT2D eigenvalue weighted by atomic mass is 16.5. The summed E-state index contributed by atoms with van der Waals surface area (Å²) in [5, 5.41) is 13.3. The first-order chi connectivity index (χ1) is 16.9. The van der Waals surface area contributed by atoms with Gasteiger partial charge in [0.05, 0.1) is 23.2 Å². The van der Waals surface area contributed by atoms with Gasteiger partial charge in [-0.15, -0.1) is 0 Å². The van der Waals surface area contributed by atoms with Crippen molar-refractivity contribution in [2.75, 3.05) is 20.1 Å². The van der Waals surface area contributed by atoms with Gasteiger partial charge in [0.25, 0.3) is 11.5 Å². The molecule has 35 heavy (non-hydrogen) atoms. The number of fused-ring (bicyclic) bond motifs is 1. The van der Waals surface area contributed by atoms with Gasteiger partial charge in [0.1, 0.15) is 11.5 Å². The first kappa shape index (κ1) is 23.0. The van der Waals surface area contributed by atoms with E-state index < -0.39 is 0 Å². The molecule has 0 spiro atoms. The average Bonchev–Trinajstić information content (AvgIpc) is 3.20. The summed E-state index contributed by atoms with van der Waals surface area (Å²) in [5.74, 6) is 0.595. The van der Waals surface area contributed by atoms with Crippen molar-refractivity contribution in [2.24, 2.45) is 0 Å².